The maximum absolute atomic E-state index is 12.1. The predicted molar refractivity (Wildman–Crippen MR) is 81.9 cm³/mol. The Labute approximate surface area is 134 Å². The van der Waals surface area contributed by atoms with Gasteiger partial charge in [0.15, 0.2) is 0 Å². The molecular weight excluding hydrogens is 322 g/mol. The van der Waals surface area contributed by atoms with Crippen molar-refractivity contribution >= 4 is 21.8 Å². The van der Waals surface area contributed by atoms with Crippen LogP contribution in [-0.4, -0.2) is 51.3 Å². The molecule has 1 atom stereocenters. The lowest BCUT2D eigenvalue weighted by Gasteiger charge is -2.13. The lowest BCUT2D eigenvalue weighted by molar-refractivity contribution is -0.130. The van der Waals surface area contributed by atoms with Gasteiger partial charge in [0, 0.05) is 26.3 Å². The van der Waals surface area contributed by atoms with E-state index in [0.29, 0.717) is 13.0 Å². The molecule has 8 nitrogen and oxygen atoms in total. The van der Waals surface area contributed by atoms with E-state index in [9.17, 15) is 18.0 Å². The number of sulfonamides is 1. The number of nitrogens with zero attached hydrogens (tertiary/aromatic N) is 1. The molecule has 1 heterocycles. The molecule has 126 valence electrons. The minimum atomic E-state index is -3.63. The van der Waals surface area contributed by atoms with E-state index >= 15 is 0 Å². The van der Waals surface area contributed by atoms with Gasteiger partial charge in [0.05, 0.1) is 4.90 Å². The van der Waals surface area contributed by atoms with Crippen molar-refractivity contribution in [1.29, 1.82) is 0 Å². The molecule has 0 unspecified atom stereocenters. The highest BCUT2D eigenvalue weighted by molar-refractivity contribution is 7.89. The van der Waals surface area contributed by atoms with Crippen LogP contribution >= 0.6 is 0 Å². The molecule has 1 saturated heterocycles. The molecule has 1 aliphatic rings. The standard InChI is InChI=1S/C14H19N3O5S/c1-17(2)23(20,21)11-6-3-5-10(9-11)13(18)15-16-14(19)12-7-4-8-22-12/h3,5-6,9,12H,4,7-8H2,1-2H3,(H,15,18)(H,16,19)/t12-/m0/s1. The number of hydrazine groups is 1. The average Bonchev–Trinajstić information content (AvgIpc) is 3.06. The summed E-state index contributed by atoms with van der Waals surface area (Å²) in [6, 6.07) is 5.58. The number of hydrogen-bond acceptors (Lipinski definition) is 5. The van der Waals surface area contributed by atoms with Crippen molar-refractivity contribution in [3.8, 4) is 0 Å². The van der Waals surface area contributed by atoms with Gasteiger partial charge in [-0.25, -0.2) is 12.7 Å². The van der Waals surface area contributed by atoms with E-state index in [1.807, 2.05) is 0 Å². The summed E-state index contributed by atoms with van der Waals surface area (Å²) in [6.45, 7) is 0.524. The van der Waals surface area contributed by atoms with Crippen LogP contribution in [0.15, 0.2) is 29.2 Å². The first kappa shape index (κ1) is 17.4. The van der Waals surface area contributed by atoms with Gasteiger partial charge in [-0.05, 0) is 31.0 Å². The highest BCUT2D eigenvalue weighted by atomic mass is 32.2. The number of amides is 2. The van der Waals surface area contributed by atoms with E-state index in [1.54, 1.807) is 0 Å². The molecule has 1 aromatic rings. The molecular formula is C14H19N3O5S. The van der Waals surface area contributed by atoms with Gasteiger partial charge in [0.25, 0.3) is 11.8 Å². The lowest BCUT2D eigenvalue weighted by atomic mass is 10.2. The maximum atomic E-state index is 12.1. The maximum Gasteiger partial charge on any atom is 0.269 e. The zero-order valence-corrected chi connectivity index (χ0v) is 13.7. The fraction of sp³-hybridized carbons (Fsp3) is 0.429. The van der Waals surface area contributed by atoms with Gasteiger partial charge in [-0.1, -0.05) is 6.07 Å². The molecule has 0 aliphatic carbocycles. The first-order valence-electron chi connectivity index (χ1n) is 7.07. The first-order chi connectivity index (χ1) is 10.8. The predicted octanol–water partition coefficient (Wildman–Crippen LogP) is -0.123. The molecule has 2 rings (SSSR count). The number of benzene rings is 1. The summed E-state index contributed by atoms with van der Waals surface area (Å²) in [5.41, 5.74) is 4.66. The van der Waals surface area contributed by atoms with E-state index in [1.165, 1.54) is 38.4 Å². The highest BCUT2D eigenvalue weighted by Gasteiger charge is 2.24. The summed E-state index contributed by atoms with van der Waals surface area (Å²) < 4.78 is 30.4. The third-order valence-corrected chi connectivity index (χ3v) is 5.21. The fourth-order valence-electron chi connectivity index (χ4n) is 2.06. The van der Waals surface area contributed by atoms with E-state index < -0.39 is 27.9 Å². The minimum absolute atomic E-state index is 0.000558. The Bertz CT molecular complexity index is 696. The van der Waals surface area contributed by atoms with Gasteiger partial charge >= 0.3 is 0 Å². The fourth-order valence-corrected chi connectivity index (χ4v) is 3.01. The molecule has 2 N–H and O–H groups in total. The molecule has 1 fully saturated rings. The van der Waals surface area contributed by atoms with Crippen molar-refractivity contribution in [2.75, 3.05) is 20.7 Å². The molecule has 0 radical (unpaired) electrons. The van der Waals surface area contributed by atoms with Crippen LogP contribution in [0.3, 0.4) is 0 Å². The molecule has 1 aliphatic heterocycles. The van der Waals surface area contributed by atoms with Crippen LogP contribution in [0.5, 0.6) is 0 Å². The van der Waals surface area contributed by atoms with Crippen LogP contribution in [0.2, 0.25) is 0 Å². The highest BCUT2D eigenvalue weighted by Crippen LogP contribution is 2.15. The SMILES string of the molecule is CN(C)S(=O)(=O)c1cccc(C(=O)NNC(=O)[C@@H]2CCCO2)c1. The molecule has 9 heteroatoms. The summed E-state index contributed by atoms with van der Waals surface area (Å²) in [5, 5.41) is 0. The van der Waals surface area contributed by atoms with Crippen molar-refractivity contribution < 1.29 is 22.7 Å². The third-order valence-electron chi connectivity index (χ3n) is 3.40. The number of rotatable bonds is 4. The van der Waals surface area contributed by atoms with Crippen LogP contribution in [0.1, 0.15) is 23.2 Å². The van der Waals surface area contributed by atoms with Crippen molar-refractivity contribution in [3.05, 3.63) is 29.8 Å². The molecule has 1 aromatic carbocycles. The minimum Gasteiger partial charge on any atom is -0.368 e. The smallest absolute Gasteiger partial charge is 0.269 e. The first-order valence-corrected chi connectivity index (χ1v) is 8.51. The van der Waals surface area contributed by atoms with Crippen molar-refractivity contribution in [3.63, 3.8) is 0 Å². The molecule has 23 heavy (non-hydrogen) atoms. The lowest BCUT2D eigenvalue weighted by Crippen LogP contribution is -2.46. The topological polar surface area (TPSA) is 105 Å². The Balaban J connectivity index is 2.04. The van der Waals surface area contributed by atoms with E-state index in [4.69, 9.17) is 4.74 Å². The molecule has 0 aromatic heterocycles. The number of nitrogens with one attached hydrogen (secondary N) is 2. The summed E-state index contributed by atoms with van der Waals surface area (Å²) >= 11 is 0. The number of hydrogen-bond donors (Lipinski definition) is 2. The van der Waals surface area contributed by atoms with Gasteiger partial charge in [-0.15, -0.1) is 0 Å². The van der Waals surface area contributed by atoms with Gasteiger partial charge < -0.3 is 4.74 Å². The normalized spacial score (nSPS) is 18.0. The zero-order valence-electron chi connectivity index (χ0n) is 12.9. The quantitative estimate of drug-likeness (QED) is 0.743. The summed E-state index contributed by atoms with van der Waals surface area (Å²) in [5.74, 6) is -1.03. The molecule has 0 bridgehead atoms. The van der Waals surface area contributed by atoms with Gasteiger partial charge in [-0.3, -0.25) is 20.4 Å². The number of ether oxygens (including phenoxy) is 1. The van der Waals surface area contributed by atoms with Crippen LogP contribution in [0, 0.1) is 0 Å². The summed E-state index contributed by atoms with van der Waals surface area (Å²) in [6.07, 6.45) is 0.852. The summed E-state index contributed by atoms with van der Waals surface area (Å²) in [7, 11) is -0.818. The Kier molecular flexibility index (Phi) is 5.34. The second-order valence-corrected chi connectivity index (χ2v) is 7.41. The van der Waals surface area contributed by atoms with Crippen LogP contribution in [-0.2, 0) is 19.6 Å². The van der Waals surface area contributed by atoms with Crippen LogP contribution in [0.4, 0.5) is 0 Å². The summed E-state index contributed by atoms with van der Waals surface area (Å²) in [4.78, 5) is 23.8. The van der Waals surface area contributed by atoms with Gasteiger partial charge in [0.1, 0.15) is 6.10 Å². The van der Waals surface area contributed by atoms with E-state index in [-0.39, 0.29) is 10.5 Å². The van der Waals surface area contributed by atoms with Crippen LogP contribution < -0.4 is 10.9 Å². The monoisotopic (exact) mass is 341 g/mol. The Morgan fingerprint density at radius 3 is 2.61 bits per heavy atom. The van der Waals surface area contributed by atoms with E-state index in [2.05, 4.69) is 10.9 Å². The van der Waals surface area contributed by atoms with Gasteiger partial charge in [-0.2, -0.15) is 0 Å². The zero-order chi connectivity index (χ0) is 17.0. The van der Waals surface area contributed by atoms with E-state index in [0.717, 1.165) is 10.7 Å². The Hall–Kier alpha value is -1.97. The van der Waals surface area contributed by atoms with Crippen molar-refractivity contribution in [2.24, 2.45) is 0 Å². The third kappa shape index (κ3) is 4.06. The number of carbonyl (C=O) groups is 2. The number of carbonyl (C=O) groups excluding carboxylic acids is 2. The second-order valence-electron chi connectivity index (χ2n) is 5.26. The largest absolute Gasteiger partial charge is 0.368 e. The Morgan fingerprint density at radius 1 is 1.26 bits per heavy atom. The van der Waals surface area contributed by atoms with Gasteiger partial charge in [0.2, 0.25) is 10.0 Å². The second kappa shape index (κ2) is 7.07. The van der Waals surface area contributed by atoms with Crippen molar-refractivity contribution in [1.82, 2.24) is 15.2 Å². The van der Waals surface area contributed by atoms with Crippen LogP contribution in [0.25, 0.3) is 0 Å². The average molecular weight is 341 g/mol. The Morgan fingerprint density at radius 2 is 2.00 bits per heavy atom. The van der Waals surface area contributed by atoms with Crippen molar-refractivity contribution in [2.45, 2.75) is 23.8 Å². The molecule has 2 amide bonds. The molecule has 0 spiro atoms. The molecule has 0 saturated carbocycles.